The van der Waals surface area contributed by atoms with Gasteiger partial charge in [-0.3, -0.25) is 0 Å². The fraction of sp³-hybridized carbons (Fsp3) is 0.200. The zero-order valence-electron chi connectivity index (χ0n) is 5.68. The van der Waals surface area contributed by atoms with E-state index >= 15 is 0 Å². The van der Waals surface area contributed by atoms with Gasteiger partial charge in [-0.05, 0) is 6.07 Å². The molecule has 0 spiro atoms. The first-order valence-corrected chi connectivity index (χ1v) is 3.74. The minimum atomic E-state index is -4.85. The van der Waals surface area contributed by atoms with E-state index in [9.17, 15) is 12.9 Å². The summed E-state index contributed by atoms with van der Waals surface area (Å²) >= 11 is 0.659. The lowest BCUT2D eigenvalue weighted by molar-refractivity contribution is 0.416. The molecule has 0 aliphatic carbocycles. The lowest BCUT2D eigenvalue weighted by Crippen LogP contribution is -2.30. The van der Waals surface area contributed by atoms with Crippen molar-refractivity contribution in [3.8, 4) is 5.75 Å². The molecule has 0 saturated carbocycles. The average Bonchev–Trinajstić information content (AvgIpc) is 2.32. The van der Waals surface area contributed by atoms with Gasteiger partial charge in [-0.2, -0.15) is 11.3 Å². The molecule has 62 valence electrons. The van der Waals surface area contributed by atoms with E-state index in [0.717, 1.165) is 6.07 Å². The maximum Gasteiger partial charge on any atom is 0.519 e. The van der Waals surface area contributed by atoms with Crippen LogP contribution in [0, 0.1) is 0 Å². The Hall–Kier alpha value is -0.645. The third-order valence-electron chi connectivity index (χ3n) is 1.15. The van der Waals surface area contributed by atoms with E-state index in [1.54, 1.807) is 0 Å². The van der Waals surface area contributed by atoms with Gasteiger partial charge in [-0.25, -0.2) is 0 Å². The third kappa shape index (κ3) is 1.89. The molecule has 0 fully saturated rings. The molecule has 1 rings (SSSR count). The molecule has 0 atom stereocenters. The van der Waals surface area contributed by atoms with Crippen LogP contribution < -0.4 is 9.51 Å². The van der Waals surface area contributed by atoms with Crippen LogP contribution in [0.5, 0.6) is 5.75 Å². The second-order valence-electron chi connectivity index (χ2n) is 1.96. The summed E-state index contributed by atoms with van der Waals surface area (Å²) in [6.45, 7) is -4.85. The largest absolute Gasteiger partial charge is 0.519 e. The third-order valence-corrected chi connectivity index (χ3v) is 2.16. The van der Waals surface area contributed by atoms with Crippen molar-refractivity contribution in [1.29, 1.82) is 0 Å². The van der Waals surface area contributed by atoms with Crippen LogP contribution in [0.25, 0.3) is 0 Å². The molecule has 0 unspecified atom stereocenters. The second kappa shape index (κ2) is 2.77. The minimum Gasteiger partial charge on any atom is -0.496 e. The Kier molecular flexibility index (Phi) is 2.13. The first-order chi connectivity index (χ1) is 5.04. The molecule has 0 aliphatic heterocycles. The van der Waals surface area contributed by atoms with E-state index in [2.05, 4.69) is 4.74 Å². The van der Waals surface area contributed by atoms with E-state index in [1.165, 1.54) is 12.5 Å². The molecule has 0 saturated heterocycles. The van der Waals surface area contributed by atoms with Crippen molar-refractivity contribution >= 4 is 23.1 Å². The van der Waals surface area contributed by atoms with E-state index in [4.69, 9.17) is 0 Å². The van der Waals surface area contributed by atoms with Gasteiger partial charge in [0.25, 0.3) is 0 Å². The van der Waals surface area contributed by atoms with Crippen LogP contribution in [0.1, 0.15) is 0 Å². The van der Waals surface area contributed by atoms with Crippen molar-refractivity contribution in [3.63, 3.8) is 0 Å². The molecule has 1 aromatic rings. The normalized spacial score (nSPS) is 11.6. The highest BCUT2D eigenvalue weighted by molar-refractivity contribution is 7.22. The van der Waals surface area contributed by atoms with Crippen molar-refractivity contribution in [1.82, 2.24) is 0 Å². The van der Waals surface area contributed by atoms with Crippen LogP contribution in [0.15, 0.2) is 11.4 Å². The standard InChI is InChI=1S/C5H5BF3OS/c1-10-4-2-5(11-3-4)6(7,8)9/h2-3H,1H3/q-1. The molecule has 6 heteroatoms. The maximum absolute atomic E-state index is 12.0. The first-order valence-electron chi connectivity index (χ1n) is 2.86. The summed E-state index contributed by atoms with van der Waals surface area (Å²) < 4.78 is 39.9. The quantitative estimate of drug-likeness (QED) is 0.632. The summed E-state index contributed by atoms with van der Waals surface area (Å²) in [6, 6.07) is 1.00. The van der Waals surface area contributed by atoms with Crippen LogP contribution >= 0.6 is 11.3 Å². The molecule has 0 N–H and O–H groups in total. The fourth-order valence-corrected chi connectivity index (χ4v) is 1.37. The Labute approximate surface area is 65.9 Å². The number of hydrogen-bond acceptors (Lipinski definition) is 2. The Morgan fingerprint density at radius 3 is 2.36 bits per heavy atom. The monoisotopic (exact) mass is 181 g/mol. The fourth-order valence-electron chi connectivity index (χ4n) is 0.613. The summed E-state index contributed by atoms with van der Waals surface area (Å²) in [5.74, 6) is 0.268. The van der Waals surface area contributed by atoms with Gasteiger partial charge >= 0.3 is 6.98 Å². The summed E-state index contributed by atoms with van der Waals surface area (Å²) in [5, 5.41) is 1.34. The highest BCUT2D eigenvalue weighted by Gasteiger charge is 2.27. The smallest absolute Gasteiger partial charge is 0.496 e. The van der Waals surface area contributed by atoms with E-state index < -0.39 is 11.8 Å². The van der Waals surface area contributed by atoms with Gasteiger partial charge in [0.05, 0.1) is 7.11 Å². The van der Waals surface area contributed by atoms with Crippen LogP contribution in [0.2, 0.25) is 0 Å². The van der Waals surface area contributed by atoms with Crippen LogP contribution in [-0.2, 0) is 0 Å². The molecule has 1 heterocycles. The van der Waals surface area contributed by atoms with Gasteiger partial charge in [0, 0.05) is 5.38 Å². The number of ether oxygens (including phenoxy) is 1. The molecule has 0 bridgehead atoms. The van der Waals surface area contributed by atoms with Crippen molar-refractivity contribution in [2.45, 2.75) is 0 Å². The van der Waals surface area contributed by atoms with Crippen LogP contribution in [0.3, 0.4) is 0 Å². The Morgan fingerprint density at radius 2 is 2.09 bits per heavy atom. The van der Waals surface area contributed by atoms with E-state index in [0.29, 0.717) is 11.3 Å². The zero-order valence-corrected chi connectivity index (χ0v) is 6.50. The Balaban J connectivity index is 2.89. The molecule has 11 heavy (non-hydrogen) atoms. The van der Waals surface area contributed by atoms with E-state index in [-0.39, 0.29) is 5.75 Å². The van der Waals surface area contributed by atoms with Crippen molar-refractivity contribution in [2.75, 3.05) is 7.11 Å². The average molecular weight is 181 g/mol. The predicted molar refractivity (Wildman–Crippen MR) is 39.6 cm³/mol. The first kappa shape index (κ1) is 8.45. The number of rotatable bonds is 2. The van der Waals surface area contributed by atoms with Gasteiger partial charge in [-0.1, -0.05) is 4.78 Å². The molecular weight excluding hydrogens is 176 g/mol. The summed E-state index contributed by atoms with van der Waals surface area (Å²) in [5.41, 5.74) is 0. The van der Waals surface area contributed by atoms with Crippen molar-refractivity contribution < 1.29 is 17.7 Å². The topological polar surface area (TPSA) is 9.23 Å². The highest BCUT2D eigenvalue weighted by Crippen LogP contribution is 2.19. The van der Waals surface area contributed by atoms with Crippen molar-refractivity contribution in [2.24, 2.45) is 0 Å². The van der Waals surface area contributed by atoms with Crippen LogP contribution in [-0.4, -0.2) is 14.1 Å². The van der Waals surface area contributed by atoms with Gasteiger partial charge in [0.15, 0.2) is 0 Å². The summed E-state index contributed by atoms with van der Waals surface area (Å²) in [4.78, 5) is 0. The Bertz CT molecular complexity index is 244. The molecule has 1 aromatic heterocycles. The minimum absolute atomic E-state index is 0.268. The molecule has 0 radical (unpaired) electrons. The van der Waals surface area contributed by atoms with Crippen molar-refractivity contribution in [3.05, 3.63) is 11.4 Å². The number of thiophene rings is 1. The molecule has 0 aromatic carbocycles. The maximum atomic E-state index is 12.0. The molecule has 1 nitrogen and oxygen atoms in total. The summed E-state index contributed by atoms with van der Waals surface area (Å²) in [7, 11) is 1.34. The number of methoxy groups -OCH3 is 1. The number of hydrogen-bond donors (Lipinski definition) is 0. The van der Waals surface area contributed by atoms with Gasteiger partial charge in [0.2, 0.25) is 0 Å². The van der Waals surface area contributed by atoms with Gasteiger partial charge in [-0.15, -0.1) is 0 Å². The predicted octanol–water partition coefficient (Wildman–Crippen LogP) is 1.81. The zero-order chi connectivity index (χ0) is 8.48. The van der Waals surface area contributed by atoms with Gasteiger partial charge < -0.3 is 17.7 Å². The Morgan fingerprint density at radius 1 is 1.45 bits per heavy atom. The molecule has 0 aliphatic rings. The lowest BCUT2D eigenvalue weighted by Gasteiger charge is -2.09. The van der Waals surface area contributed by atoms with E-state index in [1.807, 2.05) is 0 Å². The molecular formula is C5H5BF3OS-. The highest BCUT2D eigenvalue weighted by atomic mass is 32.1. The number of halogens is 3. The SMILES string of the molecule is COc1csc([B-](F)(F)F)c1. The second-order valence-corrected chi connectivity index (χ2v) is 2.91. The van der Waals surface area contributed by atoms with Crippen LogP contribution in [0.4, 0.5) is 12.9 Å². The van der Waals surface area contributed by atoms with Gasteiger partial charge in [0.1, 0.15) is 5.75 Å². The molecule has 0 amide bonds. The summed E-state index contributed by atoms with van der Waals surface area (Å²) in [6.07, 6.45) is 0. The lowest BCUT2D eigenvalue weighted by atomic mass is 9.90.